The average molecular weight is 966 g/mol. The number of benzene rings is 9. The minimum Gasteiger partial charge on any atom is -0.307 e. The Hall–Kier alpha value is -9.46. The first kappa shape index (κ1) is 44.3. The Bertz CT molecular complexity index is 4420. The summed E-state index contributed by atoms with van der Waals surface area (Å²) in [6, 6.07) is 69.3. The lowest BCUT2D eigenvalue weighted by Crippen LogP contribution is -2.11. The molecule has 0 fully saturated rings. The quantitative estimate of drug-likeness (QED) is 0.160. The summed E-state index contributed by atoms with van der Waals surface area (Å²) in [4.78, 5) is 21.5. The summed E-state index contributed by atoms with van der Waals surface area (Å²) in [6.45, 7) is 13.4. The minimum absolute atomic E-state index is 0.585. The third-order valence-corrected chi connectivity index (χ3v) is 15.5. The summed E-state index contributed by atoms with van der Waals surface area (Å²) in [6.07, 6.45) is 2.13. The van der Waals surface area contributed by atoms with Crippen molar-refractivity contribution >= 4 is 65.4 Å². The van der Waals surface area contributed by atoms with E-state index in [1.54, 1.807) is 0 Å². The molecule has 0 radical (unpaired) electrons. The lowest BCUT2D eigenvalue weighted by atomic mass is 9.99. The fourth-order valence-corrected chi connectivity index (χ4v) is 12.2. The molecule has 0 saturated carbocycles. The molecule has 75 heavy (non-hydrogen) atoms. The van der Waals surface area contributed by atoms with E-state index in [-0.39, 0.29) is 0 Å². The molecule has 14 rings (SSSR count). The van der Waals surface area contributed by atoms with Crippen molar-refractivity contribution < 1.29 is 0 Å². The van der Waals surface area contributed by atoms with Crippen molar-refractivity contribution in [1.82, 2.24) is 33.6 Å². The smallest absolute Gasteiger partial charge is 0.164 e. The highest BCUT2D eigenvalue weighted by Gasteiger charge is 2.30. The first-order valence-electron chi connectivity index (χ1n) is 25.7. The molecular formula is C68H51N7. The van der Waals surface area contributed by atoms with Crippen molar-refractivity contribution in [2.75, 3.05) is 0 Å². The van der Waals surface area contributed by atoms with E-state index in [9.17, 15) is 0 Å². The molecule has 5 aromatic heterocycles. The van der Waals surface area contributed by atoms with Crippen LogP contribution in [0, 0.1) is 41.5 Å². The first-order chi connectivity index (χ1) is 36.7. The Kier molecular flexibility index (Phi) is 10.1. The molecule has 0 unspecified atom stereocenters. The molecule has 0 N–H and O–H groups in total. The molecule has 0 aliphatic rings. The van der Waals surface area contributed by atoms with Crippen molar-refractivity contribution in [3.05, 3.63) is 234 Å². The first-order valence-corrected chi connectivity index (χ1v) is 25.7. The summed E-state index contributed by atoms with van der Waals surface area (Å²) < 4.78 is 7.39. The average Bonchev–Trinajstić information content (AvgIpc) is 4.11. The van der Waals surface area contributed by atoms with Crippen LogP contribution in [0.5, 0.6) is 0 Å². The predicted molar refractivity (Wildman–Crippen MR) is 311 cm³/mol. The number of aryl methyl sites for hydroxylation is 6. The van der Waals surface area contributed by atoms with Crippen LogP contribution in [0.15, 0.2) is 200 Å². The molecule has 7 nitrogen and oxygen atoms in total. The van der Waals surface area contributed by atoms with Crippen molar-refractivity contribution in [3.63, 3.8) is 0 Å². The molecule has 7 heteroatoms. The Morgan fingerprint density at radius 2 is 0.613 bits per heavy atom. The van der Waals surface area contributed by atoms with Gasteiger partial charge in [-0.3, -0.25) is 4.57 Å². The summed E-state index contributed by atoms with van der Waals surface area (Å²) >= 11 is 0. The Morgan fingerprint density at radius 1 is 0.293 bits per heavy atom. The van der Waals surface area contributed by atoms with Crippen LogP contribution in [-0.2, 0) is 0 Å². The minimum atomic E-state index is 0.585. The number of hydrogen-bond donors (Lipinski definition) is 0. The maximum absolute atomic E-state index is 5.86. The maximum Gasteiger partial charge on any atom is 0.164 e. The standard InChI is InChI=1S/C68H51N7/c1-40-20-13-32-50-57(40)58-41(2)21-14-33-51(58)73(50)56-39-69-68(75-54-36-17-24-44(5)61(54)62-45(6)25-18-37-55(62)75)64(74-52-34-15-22-42(3)59(52)60-43(4)23-16-35-53(60)74)63(56)48-30-19-31-49(38-48)67-71-65(46-26-9-7-10-27-46)70-66(72-67)47-28-11-8-12-29-47/h7-39H,1-6H3. The van der Waals surface area contributed by atoms with Gasteiger partial charge in [0, 0.05) is 54.6 Å². The SMILES string of the molecule is Cc1cccc2c1c1c(C)cccc1n2-c1cnc(-n2c3cccc(C)c3c3c(C)cccc32)c(-n2c3cccc(C)c3c3c(C)cccc32)c1-c1cccc(-c2nc(-c3ccccc3)nc(-c3ccccc3)n2)c1. The highest BCUT2D eigenvalue weighted by Crippen LogP contribution is 2.48. The largest absolute Gasteiger partial charge is 0.307 e. The van der Waals surface area contributed by atoms with Crippen LogP contribution in [0.1, 0.15) is 33.4 Å². The fourth-order valence-electron chi connectivity index (χ4n) is 12.2. The molecule has 0 spiro atoms. The van der Waals surface area contributed by atoms with Gasteiger partial charge in [0.1, 0.15) is 0 Å². The molecule has 0 aliphatic heterocycles. The highest BCUT2D eigenvalue weighted by atomic mass is 15.1. The normalized spacial score (nSPS) is 11.9. The van der Waals surface area contributed by atoms with Gasteiger partial charge >= 0.3 is 0 Å². The number of aromatic nitrogens is 7. The second-order valence-electron chi connectivity index (χ2n) is 20.1. The highest BCUT2D eigenvalue weighted by molar-refractivity contribution is 6.16. The van der Waals surface area contributed by atoms with Gasteiger partial charge in [0.05, 0.1) is 50.7 Å². The summed E-state index contributed by atoms with van der Waals surface area (Å²) in [5.41, 5.74) is 20.6. The van der Waals surface area contributed by atoms with E-state index in [0.29, 0.717) is 17.5 Å². The molecule has 5 heterocycles. The molecule has 0 amide bonds. The van der Waals surface area contributed by atoms with E-state index < -0.39 is 0 Å². The summed E-state index contributed by atoms with van der Waals surface area (Å²) in [5, 5.41) is 7.38. The number of pyridine rings is 1. The predicted octanol–water partition coefficient (Wildman–Crippen LogP) is 17.1. The van der Waals surface area contributed by atoms with Gasteiger partial charge < -0.3 is 9.13 Å². The lowest BCUT2D eigenvalue weighted by molar-refractivity contribution is 1.01. The van der Waals surface area contributed by atoms with Gasteiger partial charge in [-0.1, -0.05) is 152 Å². The molecule has 0 saturated heterocycles. The topological polar surface area (TPSA) is 66.3 Å². The van der Waals surface area contributed by atoms with Gasteiger partial charge in [-0.05, 0) is 123 Å². The number of hydrogen-bond acceptors (Lipinski definition) is 4. The van der Waals surface area contributed by atoms with Crippen LogP contribution in [0.25, 0.3) is 128 Å². The van der Waals surface area contributed by atoms with Gasteiger partial charge in [-0.2, -0.15) is 0 Å². The van der Waals surface area contributed by atoms with Crippen molar-refractivity contribution in [1.29, 1.82) is 0 Å². The zero-order valence-corrected chi connectivity index (χ0v) is 42.7. The number of fused-ring (bicyclic) bond motifs is 9. The van der Waals surface area contributed by atoms with E-state index >= 15 is 0 Å². The van der Waals surface area contributed by atoms with Crippen LogP contribution in [0.2, 0.25) is 0 Å². The van der Waals surface area contributed by atoms with Gasteiger partial charge in [-0.15, -0.1) is 0 Å². The van der Waals surface area contributed by atoms with Crippen molar-refractivity contribution in [2.45, 2.75) is 41.5 Å². The fraction of sp³-hybridized carbons (Fsp3) is 0.0882. The Morgan fingerprint density at radius 3 is 1.01 bits per heavy atom. The molecule has 14 aromatic rings. The third kappa shape index (κ3) is 6.74. The van der Waals surface area contributed by atoms with Gasteiger partial charge in [0.15, 0.2) is 23.3 Å². The van der Waals surface area contributed by atoms with Crippen LogP contribution in [0.3, 0.4) is 0 Å². The molecule has 0 atom stereocenters. The maximum atomic E-state index is 5.86. The lowest BCUT2D eigenvalue weighted by Gasteiger charge is -2.24. The summed E-state index contributed by atoms with van der Waals surface area (Å²) in [5.74, 6) is 2.63. The van der Waals surface area contributed by atoms with Crippen LogP contribution in [0.4, 0.5) is 0 Å². The molecule has 0 bridgehead atoms. The van der Waals surface area contributed by atoms with Crippen molar-refractivity contribution in [2.24, 2.45) is 0 Å². The zero-order valence-electron chi connectivity index (χ0n) is 42.7. The summed E-state index contributed by atoms with van der Waals surface area (Å²) in [7, 11) is 0. The van der Waals surface area contributed by atoms with Gasteiger partial charge in [0.2, 0.25) is 0 Å². The third-order valence-electron chi connectivity index (χ3n) is 15.5. The Labute approximate surface area is 434 Å². The molecule has 358 valence electrons. The second-order valence-corrected chi connectivity index (χ2v) is 20.1. The second kappa shape index (κ2) is 17.1. The molecule has 9 aromatic carbocycles. The van der Waals surface area contributed by atoms with Crippen LogP contribution in [-0.4, -0.2) is 33.6 Å². The van der Waals surface area contributed by atoms with Crippen LogP contribution < -0.4 is 0 Å². The van der Waals surface area contributed by atoms with Gasteiger partial charge in [0.25, 0.3) is 0 Å². The zero-order chi connectivity index (χ0) is 50.6. The van der Waals surface area contributed by atoms with E-state index in [0.717, 1.165) is 78.1 Å². The number of nitrogens with zero attached hydrogens (tertiary/aromatic N) is 7. The van der Waals surface area contributed by atoms with E-state index in [1.165, 1.54) is 65.7 Å². The van der Waals surface area contributed by atoms with Crippen LogP contribution >= 0.6 is 0 Å². The van der Waals surface area contributed by atoms with E-state index in [4.69, 9.17) is 19.9 Å². The monoisotopic (exact) mass is 965 g/mol. The molecule has 0 aliphatic carbocycles. The Balaban J connectivity index is 1.19. The molecular weight excluding hydrogens is 915 g/mol. The van der Waals surface area contributed by atoms with Gasteiger partial charge in [-0.25, -0.2) is 19.9 Å². The number of rotatable bonds is 7. The van der Waals surface area contributed by atoms with E-state index in [1.807, 2.05) is 36.4 Å². The van der Waals surface area contributed by atoms with E-state index in [2.05, 4.69) is 219 Å². The van der Waals surface area contributed by atoms with Crippen molar-refractivity contribution in [3.8, 4) is 62.5 Å².